The van der Waals surface area contributed by atoms with Crippen molar-refractivity contribution in [3.05, 3.63) is 65.2 Å². The summed E-state index contributed by atoms with van der Waals surface area (Å²) in [6.45, 7) is 3.27. The normalized spacial score (nSPS) is 12.3. The fourth-order valence-electron chi connectivity index (χ4n) is 2.55. The van der Waals surface area contributed by atoms with Crippen molar-refractivity contribution in [3.63, 3.8) is 0 Å². The van der Waals surface area contributed by atoms with Gasteiger partial charge in [0.05, 0.1) is 12.3 Å². The van der Waals surface area contributed by atoms with E-state index in [1.165, 1.54) is 6.92 Å². The highest BCUT2D eigenvalue weighted by atomic mass is 32.2. The van der Waals surface area contributed by atoms with Gasteiger partial charge in [-0.15, -0.1) is 0 Å². The molecule has 1 aromatic carbocycles. The van der Waals surface area contributed by atoms with Crippen molar-refractivity contribution in [3.8, 4) is 12.0 Å². The summed E-state index contributed by atoms with van der Waals surface area (Å²) in [5.74, 6) is -2.69. The molecule has 0 unspecified atom stereocenters. The molecule has 0 aliphatic rings. The van der Waals surface area contributed by atoms with Crippen LogP contribution in [0, 0.1) is 18.6 Å². The third kappa shape index (κ3) is 5.75. The SMILES string of the molecule is Cc1cccc(Oc2nc(C(=O)N[C@H](C)c3cc(F)c(NS(C)(=O)=O)c(F)c3)co2)n1. The predicted octanol–water partition coefficient (Wildman–Crippen LogP) is 3.31. The number of carbonyl (C=O) groups is 1. The molecular weight excluding hydrogens is 434 g/mol. The highest BCUT2D eigenvalue weighted by Crippen LogP contribution is 2.25. The van der Waals surface area contributed by atoms with Gasteiger partial charge in [-0.25, -0.2) is 22.2 Å². The number of hydrogen-bond donors (Lipinski definition) is 2. The zero-order chi connectivity index (χ0) is 22.8. The van der Waals surface area contributed by atoms with Crippen LogP contribution < -0.4 is 14.8 Å². The first-order valence-electron chi connectivity index (χ1n) is 8.86. The molecule has 2 N–H and O–H groups in total. The summed E-state index contributed by atoms with van der Waals surface area (Å²) in [4.78, 5) is 20.4. The van der Waals surface area contributed by atoms with Gasteiger partial charge >= 0.3 is 6.08 Å². The number of amides is 1. The molecule has 3 aromatic rings. The van der Waals surface area contributed by atoms with E-state index >= 15 is 0 Å². The molecule has 0 spiro atoms. The van der Waals surface area contributed by atoms with Crippen molar-refractivity contribution in [2.75, 3.05) is 11.0 Å². The van der Waals surface area contributed by atoms with Crippen LogP contribution in [-0.4, -0.2) is 30.5 Å². The Balaban J connectivity index is 1.70. The minimum atomic E-state index is -3.87. The van der Waals surface area contributed by atoms with Gasteiger partial charge in [-0.3, -0.25) is 9.52 Å². The summed E-state index contributed by atoms with van der Waals surface area (Å²) < 4.78 is 63.0. The van der Waals surface area contributed by atoms with Gasteiger partial charge in [-0.2, -0.15) is 4.98 Å². The molecule has 0 saturated heterocycles. The van der Waals surface area contributed by atoms with E-state index in [1.807, 2.05) is 0 Å². The van der Waals surface area contributed by atoms with Gasteiger partial charge in [0.1, 0.15) is 12.0 Å². The molecule has 1 amide bonds. The van der Waals surface area contributed by atoms with Crippen molar-refractivity contribution in [1.82, 2.24) is 15.3 Å². The first kappa shape index (κ1) is 22.2. The fourth-order valence-corrected chi connectivity index (χ4v) is 3.12. The number of hydrogen-bond acceptors (Lipinski definition) is 7. The molecule has 164 valence electrons. The Hall–Kier alpha value is -3.54. The lowest BCUT2D eigenvalue weighted by Crippen LogP contribution is -2.27. The molecule has 0 fully saturated rings. The molecule has 0 saturated carbocycles. The maximum absolute atomic E-state index is 14.2. The number of aromatic nitrogens is 2. The van der Waals surface area contributed by atoms with Crippen LogP contribution in [0.1, 0.15) is 34.7 Å². The summed E-state index contributed by atoms with van der Waals surface area (Å²) in [5, 5.41) is 2.52. The van der Waals surface area contributed by atoms with E-state index in [4.69, 9.17) is 9.15 Å². The molecule has 0 radical (unpaired) electrons. The van der Waals surface area contributed by atoms with Crippen LogP contribution in [-0.2, 0) is 10.0 Å². The summed E-state index contributed by atoms with van der Waals surface area (Å²) in [5.41, 5.74) is -0.127. The summed E-state index contributed by atoms with van der Waals surface area (Å²) in [6.07, 6.45) is 1.63. The van der Waals surface area contributed by atoms with Crippen LogP contribution in [0.2, 0.25) is 0 Å². The predicted molar refractivity (Wildman–Crippen MR) is 106 cm³/mol. The van der Waals surface area contributed by atoms with Gasteiger partial charge in [0.2, 0.25) is 15.9 Å². The Morgan fingerprint density at radius 3 is 2.48 bits per heavy atom. The largest absolute Gasteiger partial charge is 0.416 e. The lowest BCUT2D eigenvalue weighted by atomic mass is 10.1. The molecule has 9 nitrogen and oxygen atoms in total. The molecule has 0 bridgehead atoms. The summed E-state index contributed by atoms with van der Waals surface area (Å²) >= 11 is 0. The number of benzene rings is 1. The Bertz CT molecular complexity index is 1210. The minimum Gasteiger partial charge on any atom is -0.416 e. The van der Waals surface area contributed by atoms with Crippen molar-refractivity contribution in [2.24, 2.45) is 0 Å². The lowest BCUT2D eigenvalue weighted by molar-refractivity contribution is 0.0934. The molecule has 12 heteroatoms. The quantitative estimate of drug-likeness (QED) is 0.564. The van der Waals surface area contributed by atoms with Gasteiger partial charge in [0, 0.05) is 11.8 Å². The number of carbonyl (C=O) groups excluding carboxylic acids is 1. The number of pyridine rings is 1. The second-order valence-electron chi connectivity index (χ2n) is 6.65. The number of nitrogens with zero attached hydrogens (tertiary/aromatic N) is 2. The average molecular weight is 452 g/mol. The summed E-state index contributed by atoms with van der Waals surface area (Å²) in [7, 11) is -3.87. The van der Waals surface area contributed by atoms with E-state index in [0.29, 0.717) is 5.69 Å². The van der Waals surface area contributed by atoms with Gasteiger partial charge in [0.15, 0.2) is 17.3 Å². The average Bonchev–Trinajstić information content (AvgIpc) is 3.12. The Kier molecular flexibility index (Phi) is 6.20. The molecule has 2 aromatic heterocycles. The third-order valence-electron chi connectivity index (χ3n) is 3.97. The highest BCUT2D eigenvalue weighted by molar-refractivity contribution is 7.92. The number of sulfonamides is 1. The smallest absolute Gasteiger partial charge is 0.401 e. The molecule has 0 aliphatic heterocycles. The second-order valence-corrected chi connectivity index (χ2v) is 8.40. The molecule has 2 heterocycles. The topological polar surface area (TPSA) is 123 Å². The van der Waals surface area contributed by atoms with Crippen LogP contribution >= 0.6 is 0 Å². The second kappa shape index (κ2) is 8.68. The Morgan fingerprint density at radius 1 is 1.19 bits per heavy atom. The maximum Gasteiger partial charge on any atom is 0.401 e. The third-order valence-corrected chi connectivity index (χ3v) is 4.54. The van der Waals surface area contributed by atoms with Gasteiger partial charge in [-0.05, 0) is 37.6 Å². The molecule has 3 rings (SSSR count). The van der Waals surface area contributed by atoms with Crippen LogP contribution in [0.15, 0.2) is 41.0 Å². The number of aryl methyl sites for hydroxylation is 1. The Labute approximate surface area is 176 Å². The number of anilines is 1. The van der Waals surface area contributed by atoms with E-state index in [2.05, 4.69) is 15.3 Å². The van der Waals surface area contributed by atoms with Crippen LogP contribution in [0.5, 0.6) is 12.0 Å². The van der Waals surface area contributed by atoms with E-state index in [9.17, 15) is 22.0 Å². The van der Waals surface area contributed by atoms with Gasteiger partial charge < -0.3 is 14.5 Å². The highest BCUT2D eigenvalue weighted by Gasteiger charge is 2.20. The van der Waals surface area contributed by atoms with Crippen LogP contribution in [0.4, 0.5) is 14.5 Å². The van der Waals surface area contributed by atoms with E-state index in [0.717, 1.165) is 24.7 Å². The van der Waals surface area contributed by atoms with Crippen molar-refractivity contribution >= 4 is 21.6 Å². The maximum atomic E-state index is 14.2. The van der Waals surface area contributed by atoms with Gasteiger partial charge in [-0.1, -0.05) is 6.07 Å². The van der Waals surface area contributed by atoms with E-state index in [1.54, 1.807) is 29.8 Å². The summed E-state index contributed by atoms with van der Waals surface area (Å²) in [6, 6.07) is 6.10. The van der Waals surface area contributed by atoms with Crippen LogP contribution in [0.25, 0.3) is 0 Å². The molecule has 1 atom stereocenters. The Morgan fingerprint density at radius 2 is 1.87 bits per heavy atom. The minimum absolute atomic E-state index is 0.0753. The van der Waals surface area contributed by atoms with Crippen molar-refractivity contribution < 1.29 is 31.1 Å². The number of rotatable bonds is 7. The number of oxazole rings is 1. The van der Waals surface area contributed by atoms with Crippen LogP contribution in [0.3, 0.4) is 0 Å². The fraction of sp³-hybridized carbons (Fsp3) is 0.211. The van der Waals surface area contributed by atoms with Crippen molar-refractivity contribution in [1.29, 1.82) is 0 Å². The van der Waals surface area contributed by atoms with Gasteiger partial charge in [0.25, 0.3) is 5.91 Å². The standard InChI is InChI=1S/C19H18F2N4O5S/c1-10-5-4-6-16(22-10)30-19-24-15(9-29-19)18(26)23-11(2)12-7-13(20)17(14(21)8-12)25-31(3,27)28/h4-9,11,25H,1-3H3,(H,23,26)/t11-/m1/s1. The zero-order valence-corrected chi connectivity index (χ0v) is 17.5. The molecule has 31 heavy (non-hydrogen) atoms. The molecule has 0 aliphatic carbocycles. The number of ether oxygens (including phenoxy) is 1. The first-order valence-corrected chi connectivity index (χ1v) is 10.8. The van der Waals surface area contributed by atoms with E-state index in [-0.39, 0.29) is 23.2 Å². The monoisotopic (exact) mass is 452 g/mol. The lowest BCUT2D eigenvalue weighted by Gasteiger charge is -2.15. The number of halogens is 2. The zero-order valence-electron chi connectivity index (χ0n) is 16.6. The van der Waals surface area contributed by atoms with Crippen molar-refractivity contribution in [2.45, 2.75) is 19.9 Å². The van der Waals surface area contributed by atoms with E-state index < -0.39 is 39.3 Å². The molecular formula is C19H18F2N4O5S. The number of nitrogens with one attached hydrogen (secondary N) is 2. The first-order chi connectivity index (χ1) is 14.5.